The molecule has 12 heteroatoms. The summed E-state index contributed by atoms with van der Waals surface area (Å²) in [7, 11) is 3.17. The van der Waals surface area contributed by atoms with Crippen molar-refractivity contribution in [3.05, 3.63) is 41.2 Å². The molecule has 0 unspecified atom stereocenters. The number of amides is 3. The zero-order chi connectivity index (χ0) is 25.5. The third-order valence-corrected chi connectivity index (χ3v) is 5.90. The van der Waals surface area contributed by atoms with E-state index in [0.717, 1.165) is 12.0 Å². The van der Waals surface area contributed by atoms with Crippen molar-refractivity contribution in [1.29, 1.82) is 5.26 Å². The molecule has 2 aliphatic rings. The maximum Gasteiger partial charge on any atom is 0.328 e. The number of carbonyl (C=O) groups excluding carboxylic acids is 2. The Morgan fingerprint density at radius 2 is 2.17 bits per heavy atom. The lowest BCUT2D eigenvalue weighted by molar-refractivity contribution is -0.128. The van der Waals surface area contributed by atoms with E-state index in [1.165, 1.54) is 11.1 Å². The summed E-state index contributed by atoms with van der Waals surface area (Å²) in [6.45, 7) is 2.96. The van der Waals surface area contributed by atoms with Gasteiger partial charge in [0.25, 0.3) is 0 Å². The number of hydrogen-bond donors (Lipinski definition) is 2. The summed E-state index contributed by atoms with van der Waals surface area (Å²) >= 11 is 0. The van der Waals surface area contributed by atoms with Crippen LogP contribution < -0.4 is 15.5 Å². The zero-order valence-corrected chi connectivity index (χ0v) is 20.3. The van der Waals surface area contributed by atoms with Crippen LogP contribution in [0, 0.1) is 11.3 Å². The average Bonchev–Trinajstić information content (AvgIpc) is 3.56. The number of carbonyl (C=O) groups is 2. The Hall–Kier alpha value is -3.79. The number of nitrogens with zero attached hydrogens (tertiary/aromatic N) is 5. The van der Waals surface area contributed by atoms with Gasteiger partial charge in [-0.3, -0.25) is 15.0 Å². The first-order valence-electron chi connectivity index (χ1n) is 11.7. The van der Waals surface area contributed by atoms with Gasteiger partial charge in [-0.1, -0.05) is 6.07 Å². The highest BCUT2D eigenvalue weighted by atomic mass is 16.7. The third kappa shape index (κ3) is 5.88. The van der Waals surface area contributed by atoms with Crippen LogP contribution in [0.15, 0.2) is 24.4 Å². The van der Waals surface area contributed by atoms with Crippen molar-refractivity contribution in [2.75, 3.05) is 62.6 Å². The van der Waals surface area contributed by atoms with Crippen molar-refractivity contribution in [3.8, 4) is 6.07 Å². The molecule has 2 fully saturated rings. The largest absolute Gasteiger partial charge is 0.383 e. The van der Waals surface area contributed by atoms with Crippen molar-refractivity contribution >= 4 is 29.3 Å². The topological polar surface area (TPSA) is 142 Å². The summed E-state index contributed by atoms with van der Waals surface area (Å²) in [5, 5.41) is 15.1. The number of aromatic nitrogens is 2. The zero-order valence-electron chi connectivity index (χ0n) is 20.3. The fourth-order valence-corrected chi connectivity index (χ4v) is 3.95. The van der Waals surface area contributed by atoms with E-state index in [-0.39, 0.29) is 11.7 Å². The van der Waals surface area contributed by atoms with Crippen molar-refractivity contribution in [3.63, 3.8) is 0 Å². The van der Waals surface area contributed by atoms with Crippen molar-refractivity contribution in [1.82, 2.24) is 14.9 Å². The van der Waals surface area contributed by atoms with Gasteiger partial charge in [0.1, 0.15) is 23.4 Å². The molecular weight excluding hydrogens is 466 g/mol. The van der Waals surface area contributed by atoms with Gasteiger partial charge in [0.2, 0.25) is 12.2 Å². The molecule has 2 aliphatic heterocycles. The highest BCUT2D eigenvalue weighted by Gasteiger charge is 2.28. The van der Waals surface area contributed by atoms with E-state index < -0.39 is 12.3 Å². The minimum absolute atomic E-state index is 0.112. The lowest BCUT2D eigenvalue weighted by Gasteiger charge is -2.23. The SMILES string of the molecule is COCCNc1cc(NC(=O)N(C)c2ccc(CN3CCCC3=O)c(C3OCCO3)n2)ncc1C#N. The van der Waals surface area contributed by atoms with Gasteiger partial charge in [0, 0.05) is 52.5 Å². The summed E-state index contributed by atoms with van der Waals surface area (Å²) in [5.74, 6) is 0.767. The molecule has 4 heterocycles. The van der Waals surface area contributed by atoms with Crippen LogP contribution in [0.1, 0.15) is 36.0 Å². The third-order valence-electron chi connectivity index (χ3n) is 5.90. The lowest BCUT2D eigenvalue weighted by atomic mass is 10.1. The molecule has 0 aliphatic carbocycles. The van der Waals surface area contributed by atoms with Crippen LogP contribution in [0.5, 0.6) is 0 Å². The fraction of sp³-hybridized carbons (Fsp3) is 0.458. The fourth-order valence-electron chi connectivity index (χ4n) is 3.95. The summed E-state index contributed by atoms with van der Waals surface area (Å²) in [4.78, 5) is 37.1. The Balaban J connectivity index is 1.51. The van der Waals surface area contributed by atoms with Gasteiger partial charge in [0.05, 0.1) is 31.1 Å². The highest BCUT2D eigenvalue weighted by molar-refractivity contribution is 6.00. The monoisotopic (exact) mass is 495 g/mol. The summed E-state index contributed by atoms with van der Waals surface area (Å²) in [5.41, 5.74) is 2.26. The van der Waals surface area contributed by atoms with E-state index in [9.17, 15) is 14.9 Å². The summed E-state index contributed by atoms with van der Waals surface area (Å²) in [6, 6.07) is 6.76. The van der Waals surface area contributed by atoms with Crippen LogP contribution >= 0.6 is 0 Å². The first-order chi connectivity index (χ1) is 17.5. The molecule has 0 saturated carbocycles. The molecule has 0 atom stereocenters. The molecule has 36 heavy (non-hydrogen) atoms. The number of rotatable bonds is 9. The van der Waals surface area contributed by atoms with Crippen LogP contribution in [0.2, 0.25) is 0 Å². The van der Waals surface area contributed by atoms with Gasteiger partial charge in [-0.2, -0.15) is 5.26 Å². The molecule has 0 spiro atoms. The Labute approximate surface area is 209 Å². The van der Waals surface area contributed by atoms with E-state index in [1.54, 1.807) is 31.2 Å². The lowest BCUT2D eigenvalue weighted by Crippen LogP contribution is -2.33. The average molecular weight is 496 g/mol. The molecular formula is C24H29N7O5. The van der Waals surface area contributed by atoms with E-state index in [1.807, 2.05) is 6.07 Å². The van der Waals surface area contributed by atoms with Crippen LogP contribution in [0.4, 0.5) is 22.1 Å². The first kappa shape index (κ1) is 25.3. The quantitative estimate of drug-likeness (QED) is 0.501. The minimum atomic E-state index is -0.657. The van der Waals surface area contributed by atoms with E-state index >= 15 is 0 Å². The van der Waals surface area contributed by atoms with Gasteiger partial charge in [0.15, 0.2) is 0 Å². The second-order valence-electron chi connectivity index (χ2n) is 8.34. The van der Waals surface area contributed by atoms with Gasteiger partial charge < -0.3 is 24.4 Å². The van der Waals surface area contributed by atoms with E-state index in [4.69, 9.17) is 14.2 Å². The number of nitrogens with one attached hydrogen (secondary N) is 2. The van der Waals surface area contributed by atoms with Crippen LogP contribution in [0.3, 0.4) is 0 Å². The smallest absolute Gasteiger partial charge is 0.328 e. The number of urea groups is 1. The van der Waals surface area contributed by atoms with Crippen LogP contribution in [0.25, 0.3) is 0 Å². The molecule has 190 valence electrons. The maximum absolute atomic E-state index is 13.0. The molecule has 2 N–H and O–H groups in total. The molecule has 12 nitrogen and oxygen atoms in total. The minimum Gasteiger partial charge on any atom is -0.383 e. The first-order valence-corrected chi connectivity index (χ1v) is 11.7. The molecule has 4 rings (SSSR count). The molecule has 2 aromatic heterocycles. The number of ether oxygens (including phenoxy) is 3. The van der Waals surface area contributed by atoms with Crippen molar-refractivity contribution in [2.24, 2.45) is 0 Å². The summed E-state index contributed by atoms with van der Waals surface area (Å²) in [6.07, 6.45) is 2.12. The molecule has 0 bridgehead atoms. The van der Waals surface area contributed by atoms with Gasteiger partial charge in [-0.15, -0.1) is 0 Å². The number of anilines is 3. The normalized spacial score (nSPS) is 15.7. The predicted octanol–water partition coefficient (Wildman–Crippen LogP) is 2.24. The maximum atomic E-state index is 13.0. The molecule has 2 aromatic rings. The Bertz CT molecular complexity index is 1150. The molecule has 3 amide bonds. The Kier molecular flexibility index (Phi) is 8.27. The second-order valence-corrected chi connectivity index (χ2v) is 8.34. The number of likely N-dealkylation sites (tertiary alicyclic amines) is 1. The Morgan fingerprint density at radius 3 is 2.86 bits per heavy atom. The number of methoxy groups -OCH3 is 1. The van der Waals surface area contributed by atoms with Gasteiger partial charge in [-0.05, 0) is 18.1 Å². The van der Waals surface area contributed by atoms with Crippen molar-refractivity contribution in [2.45, 2.75) is 25.7 Å². The predicted molar refractivity (Wildman–Crippen MR) is 130 cm³/mol. The second kappa shape index (κ2) is 11.8. The van der Waals surface area contributed by atoms with E-state index in [0.29, 0.717) is 68.6 Å². The molecule has 2 saturated heterocycles. The standard InChI is InChI=1S/C24H29N7O5/c1-30(24(33)28-19-12-18(26-7-9-34-2)17(13-25)14-27-19)20-6-5-16(15-31-8-3-4-21(31)32)22(29-20)23-35-10-11-36-23/h5-6,12,14,23H,3-4,7-11,15H2,1-2H3,(H2,26,27,28,33). The summed E-state index contributed by atoms with van der Waals surface area (Å²) < 4.78 is 16.4. The number of hydrogen-bond acceptors (Lipinski definition) is 9. The Morgan fingerprint density at radius 1 is 1.36 bits per heavy atom. The van der Waals surface area contributed by atoms with E-state index in [2.05, 4.69) is 26.7 Å². The number of nitriles is 1. The van der Waals surface area contributed by atoms with Crippen LogP contribution in [-0.4, -0.2) is 73.9 Å². The van der Waals surface area contributed by atoms with Gasteiger partial charge in [-0.25, -0.2) is 14.8 Å². The molecule has 0 radical (unpaired) electrons. The van der Waals surface area contributed by atoms with Crippen molar-refractivity contribution < 1.29 is 23.8 Å². The highest BCUT2D eigenvalue weighted by Crippen LogP contribution is 2.29. The van der Waals surface area contributed by atoms with Gasteiger partial charge >= 0.3 is 6.03 Å². The number of pyridine rings is 2. The van der Waals surface area contributed by atoms with Crippen LogP contribution in [-0.2, 0) is 25.5 Å². The molecule has 0 aromatic carbocycles.